The van der Waals surface area contributed by atoms with E-state index in [1.165, 1.54) is 116 Å². The van der Waals surface area contributed by atoms with E-state index in [1.807, 2.05) is 0 Å². The summed E-state index contributed by atoms with van der Waals surface area (Å²) in [6.45, 7) is 6.36. The molecule has 3 unspecified atom stereocenters. The van der Waals surface area contributed by atoms with Crippen LogP contribution in [0.25, 0.3) is 0 Å². The van der Waals surface area contributed by atoms with Crippen LogP contribution in [0, 0.1) is 0 Å². The third kappa shape index (κ3) is 44.2. The fraction of sp³-hybridized carbons (Fsp3) is 0.786. The Bertz CT molecular complexity index is 1110. The van der Waals surface area contributed by atoms with Gasteiger partial charge in [-0.2, -0.15) is 0 Å². The molecule has 0 aromatic rings. The van der Waals surface area contributed by atoms with Crippen molar-refractivity contribution in [1.29, 1.82) is 0 Å². The molecule has 3 atom stereocenters. The molecule has 0 saturated carbocycles. The second-order valence-corrected chi connectivity index (χ2v) is 18.0. The topological polar surface area (TPSA) is 95.9 Å². The molecule has 0 heterocycles. The van der Waals surface area contributed by atoms with Gasteiger partial charge in [0.15, 0.2) is 0 Å². The molecule has 1 amide bonds. The number of hydrogen-bond acceptors (Lipinski definition) is 5. The van der Waals surface area contributed by atoms with Gasteiger partial charge >= 0.3 is 5.97 Å². The highest BCUT2D eigenvalue weighted by Crippen LogP contribution is 2.18. The predicted octanol–water partition coefficient (Wildman–Crippen LogP) is 16.0. The van der Waals surface area contributed by atoms with Crippen LogP contribution in [0.4, 0.5) is 0 Å². The zero-order valence-electron chi connectivity index (χ0n) is 41.0. The third-order valence-electron chi connectivity index (χ3n) is 11.9. The minimum absolute atomic E-state index is 0.0586. The summed E-state index contributed by atoms with van der Waals surface area (Å²) in [7, 11) is 0. The number of carbonyl (C=O) groups excluding carboxylic acids is 2. The molecule has 0 aliphatic heterocycles. The van der Waals surface area contributed by atoms with Crippen molar-refractivity contribution in [3.8, 4) is 0 Å². The minimum Gasteiger partial charge on any atom is -0.462 e. The highest BCUT2D eigenvalue weighted by Gasteiger charge is 2.24. The predicted molar refractivity (Wildman–Crippen MR) is 268 cm³/mol. The van der Waals surface area contributed by atoms with Gasteiger partial charge in [-0.25, -0.2) is 0 Å². The van der Waals surface area contributed by atoms with E-state index in [0.717, 1.165) is 96.3 Å². The molecule has 0 radical (unpaired) electrons. The summed E-state index contributed by atoms with van der Waals surface area (Å²) >= 11 is 0. The molecule has 0 saturated heterocycles. The standard InChI is InChI=1S/C56H101NO5/c1-4-7-10-13-16-19-22-25-26-27-28-29-31-34-37-40-43-46-49-56(61)62-52(47-44-41-38-35-32-24-21-18-15-12-9-6-3)50-55(60)57-53(51-58)54(59)48-45-42-39-36-33-30-23-20-17-14-11-8-5-2/h9,12,18,21-22,25-29,52-54,58-59H,4-8,10-11,13-17,19-20,23-24,30-51H2,1-3H3,(H,57,60)/b12-9+,21-18+,25-22+,27-26+,29-28+. The molecule has 360 valence electrons. The van der Waals surface area contributed by atoms with Gasteiger partial charge in [0.25, 0.3) is 0 Å². The van der Waals surface area contributed by atoms with Gasteiger partial charge in [-0.3, -0.25) is 9.59 Å². The van der Waals surface area contributed by atoms with Crippen molar-refractivity contribution in [3.63, 3.8) is 0 Å². The minimum atomic E-state index is -0.796. The van der Waals surface area contributed by atoms with Crippen molar-refractivity contribution in [1.82, 2.24) is 5.32 Å². The average Bonchev–Trinajstić information content (AvgIpc) is 3.26. The molecule has 6 heteroatoms. The molecule has 6 nitrogen and oxygen atoms in total. The van der Waals surface area contributed by atoms with E-state index in [0.29, 0.717) is 19.3 Å². The van der Waals surface area contributed by atoms with Gasteiger partial charge in [-0.1, -0.05) is 229 Å². The second-order valence-electron chi connectivity index (χ2n) is 18.0. The van der Waals surface area contributed by atoms with Crippen LogP contribution in [0.2, 0.25) is 0 Å². The van der Waals surface area contributed by atoms with E-state index in [-0.39, 0.29) is 24.9 Å². The van der Waals surface area contributed by atoms with Gasteiger partial charge in [0, 0.05) is 6.42 Å². The molecule has 62 heavy (non-hydrogen) atoms. The number of unbranched alkanes of at least 4 members (excludes halogenated alkanes) is 27. The van der Waals surface area contributed by atoms with Gasteiger partial charge in [0.2, 0.25) is 5.91 Å². The summed E-state index contributed by atoms with van der Waals surface area (Å²) < 4.78 is 5.92. The highest BCUT2D eigenvalue weighted by molar-refractivity contribution is 5.77. The Morgan fingerprint density at radius 3 is 1.44 bits per heavy atom. The van der Waals surface area contributed by atoms with Crippen LogP contribution in [-0.4, -0.2) is 46.9 Å². The molecule has 0 aliphatic carbocycles. The highest BCUT2D eigenvalue weighted by atomic mass is 16.5. The molecule has 0 rings (SSSR count). The summed E-state index contributed by atoms with van der Waals surface area (Å²) in [5.74, 6) is -0.509. The molecule has 0 bridgehead atoms. The first-order valence-corrected chi connectivity index (χ1v) is 26.5. The number of esters is 1. The normalized spacial score (nSPS) is 13.7. The van der Waals surface area contributed by atoms with Crippen LogP contribution >= 0.6 is 0 Å². The molecule has 0 aliphatic rings. The summed E-state index contributed by atoms with van der Waals surface area (Å²) in [5.41, 5.74) is 0. The fourth-order valence-electron chi connectivity index (χ4n) is 7.88. The Labute approximate surface area is 384 Å². The number of carbonyl (C=O) groups is 2. The number of ether oxygens (including phenoxy) is 1. The number of aliphatic hydroxyl groups is 2. The third-order valence-corrected chi connectivity index (χ3v) is 11.9. The van der Waals surface area contributed by atoms with Crippen molar-refractivity contribution in [2.24, 2.45) is 0 Å². The quantitative estimate of drug-likeness (QED) is 0.0245. The molecule has 3 N–H and O–H groups in total. The lowest BCUT2D eigenvalue weighted by Crippen LogP contribution is -2.46. The number of hydrogen-bond donors (Lipinski definition) is 3. The Hall–Kier alpha value is -2.44. The van der Waals surface area contributed by atoms with Gasteiger partial charge in [0.1, 0.15) is 6.10 Å². The zero-order chi connectivity index (χ0) is 45.2. The van der Waals surface area contributed by atoms with Gasteiger partial charge < -0.3 is 20.3 Å². The van der Waals surface area contributed by atoms with Crippen LogP contribution < -0.4 is 5.32 Å². The van der Waals surface area contributed by atoms with Crippen LogP contribution in [0.15, 0.2) is 60.8 Å². The first-order chi connectivity index (χ1) is 30.5. The van der Waals surface area contributed by atoms with Crippen molar-refractivity contribution < 1.29 is 24.5 Å². The average molecular weight is 868 g/mol. The first kappa shape index (κ1) is 59.6. The molecular formula is C56H101NO5. The number of allylic oxidation sites excluding steroid dienone is 10. The Morgan fingerprint density at radius 1 is 0.500 bits per heavy atom. The summed E-state index contributed by atoms with van der Waals surface area (Å²) in [5, 5.41) is 23.8. The molecule has 0 aromatic heterocycles. The monoisotopic (exact) mass is 868 g/mol. The fourth-order valence-corrected chi connectivity index (χ4v) is 7.88. The summed E-state index contributed by atoms with van der Waals surface area (Å²) in [4.78, 5) is 26.2. The van der Waals surface area contributed by atoms with E-state index >= 15 is 0 Å². The van der Waals surface area contributed by atoms with Crippen LogP contribution in [-0.2, 0) is 14.3 Å². The van der Waals surface area contributed by atoms with Crippen LogP contribution in [0.3, 0.4) is 0 Å². The van der Waals surface area contributed by atoms with E-state index in [2.05, 4.69) is 86.8 Å². The molecule has 0 aromatic carbocycles. The maximum atomic E-state index is 13.2. The van der Waals surface area contributed by atoms with Gasteiger partial charge in [-0.05, 0) is 77.0 Å². The van der Waals surface area contributed by atoms with Crippen molar-refractivity contribution in [2.75, 3.05) is 6.61 Å². The van der Waals surface area contributed by atoms with Crippen LogP contribution in [0.1, 0.15) is 258 Å². The van der Waals surface area contributed by atoms with E-state index in [9.17, 15) is 19.8 Å². The van der Waals surface area contributed by atoms with Gasteiger partial charge in [-0.15, -0.1) is 0 Å². The number of rotatable bonds is 47. The lowest BCUT2D eigenvalue weighted by atomic mass is 10.0. The lowest BCUT2D eigenvalue weighted by Gasteiger charge is -2.24. The van der Waals surface area contributed by atoms with E-state index in [4.69, 9.17) is 4.74 Å². The van der Waals surface area contributed by atoms with E-state index in [1.54, 1.807) is 0 Å². The first-order valence-electron chi connectivity index (χ1n) is 26.5. The van der Waals surface area contributed by atoms with Gasteiger partial charge in [0.05, 0.1) is 25.2 Å². The van der Waals surface area contributed by atoms with E-state index < -0.39 is 18.2 Å². The Kier molecular flexibility index (Phi) is 47.6. The smallest absolute Gasteiger partial charge is 0.306 e. The number of nitrogens with one attached hydrogen (secondary N) is 1. The molecule has 0 fully saturated rings. The molecule has 0 spiro atoms. The summed E-state index contributed by atoms with van der Waals surface area (Å²) in [6.07, 6.45) is 61.3. The van der Waals surface area contributed by atoms with Crippen molar-refractivity contribution in [2.45, 2.75) is 277 Å². The SMILES string of the molecule is CC/C=C/C/C=C/CCCCCCCC(CC(=O)NC(CO)C(O)CCCCCCCCCCCCCCC)OC(=O)CCCCCCC/C=C/C=C/C=C/CCCCCCC. The zero-order valence-corrected chi connectivity index (χ0v) is 41.0. The van der Waals surface area contributed by atoms with Crippen molar-refractivity contribution >= 4 is 11.9 Å². The second kappa shape index (κ2) is 49.6. The lowest BCUT2D eigenvalue weighted by molar-refractivity contribution is -0.151. The Morgan fingerprint density at radius 2 is 0.935 bits per heavy atom. The maximum absolute atomic E-state index is 13.2. The maximum Gasteiger partial charge on any atom is 0.306 e. The summed E-state index contributed by atoms with van der Waals surface area (Å²) in [6, 6.07) is -0.711. The Balaban J connectivity index is 4.59. The number of aliphatic hydroxyl groups excluding tert-OH is 2. The largest absolute Gasteiger partial charge is 0.462 e. The van der Waals surface area contributed by atoms with Crippen LogP contribution in [0.5, 0.6) is 0 Å². The number of amides is 1. The molecular weight excluding hydrogens is 767 g/mol. The van der Waals surface area contributed by atoms with Crippen molar-refractivity contribution in [3.05, 3.63) is 60.8 Å².